The lowest BCUT2D eigenvalue weighted by molar-refractivity contribution is 0.0943. The van der Waals surface area contributed by atoms with Gasteiger partial charge in [0.25, 0.3) is 5.91 Å². The Balaban J connectivity index is 2.03. The van der Waals surface area contributed by atoms with Crippen molar-refractivity contribution < 1.29 is 9.53 Å². The molecule has 1 heterocycles. The van der Waals surface area contributed by atoms with E-state index in [0.29, 0.717) is 18.8 Å². The summed E-state index contributed by atoms with van der Waals surface area (Å²) in [7, 11) is 1.65. The number of nitrogens with one attached hydrogen (secondary N) is 1. The Morgan fingerprint density at radius 2 is 2.04 bits per heavy atom. The normalized spacial score (nSPS) is 10.4. The van der Waals surface area contributed by atoms with Crippen LogP contribution in [0.3, 0.4) is 0 Å². The molecule has 0 spiro atoms. The van der Waals surface area contributed by atoms with Crippen molar-refractivity contribution in [2.75, 3.05) is 31.7 Å². The minimum atomic E-state index is -0.149. The number of pyridine rings is 1. The molecular formula is C19H25N3O2. The zero-order chi connectivity index (χ0) is 17.2. The summed E-state index contributed by atoms with van der Waals surface area (Å²) >= 11 is 0. The van der Waals surface area contributed by atoms with Gasteiger partial charge in [-0.2, -0.15) is 0 Å². The minimum absolute atomic E-state index is 0.149. The van der Waals surface area contributed by atoms with E-state index in [1.807, 2.05) is 30.3 Å². The first-order chi connectivity index (χ1) is 11.7. The zero-order valence-electron chi connectivity index (χ0n) is 14.4. The molecule has 0 saturated heterocycles. The molecule has 2 aromatic rings. The fourth-order valence-electron chi connectivity index (χ4n) is 2.44. The smallest absolute Gasteiger partial charge is 0.269 e. The predicted octanol–water partition coefficient (Wildman–Crippen LogP) is 2.87. The first-order valence-electron chi connectivity index (χ1n) is 8.26. The maximum Gasteiger partial charge on any atom is 0.269 e. The van der Waals surface area contributed by atoms with Crippen molar-refractivity contribution in [1.82, 2.24) is 10.3 Å². The van der Waals surface area contributed by atoms with Crippen molar-refractivity contribution in [3.05, 3.63) is 59.9 Å². The van der Waals surface area contributed by atoms with Crippen molar-refractivity contribution in [2.24, 2.45) is 0 Å². The van der Waals surface area contributed by atoms with Crippen LogP contribution in [0.25, 0.3) is 0 Å². The number of ether oxygens (including phenoxy) is 1. The van der Waals surface area contributed by atoms with E-state index in [-0.39, 0.29) is 5.91 Å². The highest BCUT2D eigenvalue weighted by molar-refractivity contribution is 5.93. The number of amides is 1. The summed E-state index contributed by atoms with van der Waals surface area (Å²) in [4.78, 5) is 18.6. The van der Waals surface area contributed by atoms with Gasteiger partial charge >= 0.3 is 0 Å². The van der Waals surface area contributed by atoms with Gasteiger partial charge in [-0.1, -0.05) is 30.3 Å². The summed E-state index contributed by atoms with van der Waals surface area (Å²) < 4.78 is 4.98. The molecule has 0 radical (unpaired) electrons. The molecular weight excluding hydrogens is 302 g/mol. The highest BCUT2D eigenvalue weighted by Gasteiger charge is 2.11. The van der Waals surface area contributed by atoms with Gasteiger partial charge < -0.3 is 15.0 Å². The Morgan fingerprint density at radius 1 is 1.25 bits per heavy atom. The summed E-state index contributed by atoms with van der Waals surface area (Å²) in [6.45, 7) is 4.98. The molecule has 0 atom stereocenters. The third kappa shape index (κ3) is 5.35. The zero-order valence-corrected chi connectivity index (χ0v) is 14.4. The van der Waals surface area contributed by atoms with Crippen LogP contribution in [0.15, 0.2) is 48.7 Å². The highest BCUT2D eigenvalue weighted by Crippen LogP contribution is 2.17. The van der Waals surface area contributed by atoms with E-state index in [1.54, 1.807) is 13.3 Å². The number of aromatic nitrogens is 1. The Morgan fingerprint density at radius 3 is 2.75 bits per heavy atom. The first-order valence-corrected chi connectivity index (χ1v) is 8.26. The van der Waals surface area contributed by atoms with E-state index in [4.69, 9.17) is 4.74 Å². The molecule has 5 heteroatoms. The number of hydrogen-bond donors (Lipinski definition) is 1. The second-order valence-corrected chi connectivity index (χ2v) is 5.50. The second kappa shape index (κ2) is 9.67. The van der Waals surface area contributed by atoms with Crippen LogP contribution in [-0.4, -0.2) is 37.7 Å². The summed E-state index contributed by atoms with van der Waals surface area (Å²) in [6, 6.07) is 14.1. The van der Waals surface area contributed by atoms with E-state index in [2.05, 4.69) is 34.3 Å². The van der Waals surface area contributed by atoms with Gasteiger partial charge in [0.15, 0.2) is 0 Å². The summed E-state index contributed by atoms with van der Waals surface area (Å²) in [6.07, 6.45) is 2.48. The fraction of sp³-hybridized carbons (Fsp3) is 0.368. The van der Waals surface area contributed by atoms with E-state index in [9.17, 15) is 4.79 Å². The van der Waals surface area contributed by atoms with Crippen LogP contribution in [0.2, 0.25) is 0 Å². The molecule has 1 aromatic carbocycles. The molecule has 1 aromatic heterocycles. The molecule has 0 bridgehead atoms. The molecule has 0 aliphatic heterocycles. The Bertz CT molecular complexity index is 632. The van der Waals surface area contributed by atoms with Gasteiger partial charge in [-0.05, 0) is 31.0 Å². The molecule has 0 unspecified atom stereocenters. The van der Waals surface area contributed by atoms with Crippen LogP contribution in [0, 0.1) is 0 Å². The van der Waals surface area contributed by atoms with Crippen LogP contribution < -0.4 is 10.2 Å². The van der Waals surface area contributed by atoms with Gasteiger partial charge in [0, 0.05) is 45.2 Å². The van der Waals surface area contributed by atoms with Gasteiger partial charge in [0.2, 0.25) is 0 Å². The monoisotopic (exact) mass is 327 g/mol. The predicted molar refractivity (Wildman–Crippen MR) is 96.2 cm³/mol. The number of methoxy groups -OCH3 is 1. The van der Waals surface area contributed by atoms with Gasteiger partial charge in [-0.3, -0.25) is 9.78 Å². The highest BCUT2D eigenvalue weighted by atomic mass is 16.5. The largest absolute Gasteiger partial charge is 0.385 e. The number of carbonyl (C=O) groups excluding carboxylic acids is 1. The van der Waals surface area contributed by atoms with Crippen LogP contribution in [0.5, 0.6) is 0 Å². The van der Waals surface area contributed by atoms with Crippen LogP contribution in [0.1, 0.15) is 29.4 Å². The molecule has 24 heavy (non-hydrogen) atoms. The number of carbonyl (C=O) groups is 1. The Kier molecular flexibility index (Phi) is 7.23. The van der Waals surface area contributed by atoms with E-state index >= 15 is 0 Å². The molecule has 1 amide bonds. The Hall–Kier alpha value is -2.40. The first kappa shape index (κ1) is 17.9. The summed E-state index contributed by atoms with van der Waals surface area (Å²) in [5, 5.41) is 2.87. The molecule has 128 valence electrons. The lowest BCUT2D eigenvalue weighted by Gasteiger charge is -2.23. The van der Waals surface area contributed by atoms with Gasteiger partial charge in [0.1, 0.15) is 5.69 Å². The van der Waals surface area contributed by atoms with Crippen LogP contribution in [-0.2, 0) is 11.3 Å². The number of rotatable bonds is 9. The second-order valence-electron chi connectivity index (χ2n) is 5.50. The number of anilines is 1. The molecule has 0 aliphatic carbocycles. The fourth-order valence-corrected chi connectivity index (χ4v) is 2.44. The van der Waals surface area contributed by atoms with Crippen molar-refractivity contribution in [2.45, 2.75) is 19.9 Å². The molecule has 0 fully saturated rings. The van der Waals surface area contributed by atoms with Crippen molar-refractivity contribution in [3.63, 3.8) is 0 Å². The number of benzene rings is 1. The SMILES string of the molecule is CCN(Cc1ccccc1)c1ccnc(C(=O)NCCCOC)c1. The maximum absolute atomic E-state index is 12.2. The maximum atomic E-state index is 12.2. The van der Waals surface area contributed by atoms with Crippen molar-refractivity contribution in [3.8, 4) is 0 Å². The summed E-state index contributed by atoms with van der Waals surface area (Å²) in [5.41, 5.74) is 2.68. The van der Waals surface area contributed by atoms with Crippen molar-refractivity contribution >= 4 is 11.6 Å². The molecule has 0 aliphatic rings. The molecule has 0 saturated carbocycles. The van der Waals surface area contributed by atoms with Gasteiger partial charge in [-0.15, -0.1) is 0 Å². The van der Waals surface area contributed by atoms with Crippen LogP contribution in [0.4, 0.5) is 5.69 Å². The van der Waals surface area contributed by atoms with E-state index in [1.165, 1.54) is 5.56 Å². The van der Waals surface area contributed by atoms with E-state index in [0.717, 1.165) is 25.2 Å². The van der Waals surface area contributed by atoms with E-state index < -0.39 is 0 Å². The quantitative estimate of drug-likeness (QED) is 0.720. The summed E-state index contributed by atoms with van der Waals surface area (Å²) in [5.74, 6) is -0.149. The average Bonchev–Trinajstić information content (AvgIpc) is 2.64. The van der Waals surface area contributed by atoms with Crippen molar-refractivity contribution in [1.29, 1.82) is 0 Å². The lowest BCUT2D eigenvalue weighted by atomic mass is 10.2. The number of hydrogen-bond acceptors (Lipinski definition) is 4. The van der Waals surface area contributed by atoms with Gasteiger partial charge in [0.05, 0.1) is 0 Å². The third-order valence-electron chi connectivity index (χ3n) is 3.75. The molecule has 2 rings (SSSR count). The number of nitrogens with zero attached hydrogens (tertiary/aromatic N) is 2. The standard InChI is InChI=1S/C19H25N3O2/c1-3-22(15-16-8-5-4-6-9-16)17-10-12-20-18(14-17)19(23)21-11-7-13-24-2/h4-6,8-10,12,14H,3,7,11,13,15H2,1-2H3,(H,21,23). The molecule has 5 nitrogen and oxygen atoms in total. The Labute approximate surface area is 143 Å². The van der Waals surface area contributed by atoms with Crippen LogP contribution >= 0.6 is 0 Å². The molecule has 1 N–H and O–H groups in total. The minimum Gasteiger partial charge on any atom is -0.385 e. The van der Waals surface area contributed by atoms with Gasteiger partial charge in [-0.25, -0.2) is 0 Å². The topological polar surface area (TPSA) is 54.5 Å². The average molecular weight is 327 g/mol. The third-order valence-corrected chi connectivity index (χ3v) is 3.75. The lowest BCUT2D eigenvalue weighted by Crippen LogP contribution is -2.27.